The first-order chi connectivity index (χ1) is 10.1. The van der Waals surface area contributed by atoms with Gasteiger partial charge in [0.05, 0.1) is 5.69 Å². The summed E-state index contributed by atoms with van der Waals surface area (Å²) >= 11 is 3.40. The Morgan fingerprint density at radius 2 is 1.86 bits per heavy atom. The van der Waals surface area contributed by atoms with E-state index in [0.717, 1.165) is 26.7 Å². The van der Waals surface area contributed by atoms with E-state index in [1.165, 1.54) is 6.07 Å². The van der Waals surface area contributed by atoms with E-state index in [9.17, 15) is 4.79 Å². The largest absolute Gasteiger partial charge is 0.423 e. The maximum Gasteiger partial charge on any atom is 0.336 e. The quantitative estimate of drug-likeness (QED) is 0.504. The molecule has 0 spiro atoms. The molecule has 4 heteroatoms. The molecule has 3 nitrogen and oxygen atoms in total. The van der Waals surface area contributed by atoms with Crippen LogP contribution >= 0.6 is 15.9 Å². The molecule has 0 radical (unpaired) electrons. The molecule has 3 aromatic rings. The molecular formula is C17H12BrNO2. The molecule has 2 aromatic carbocycles. The third kappa shape index (κ3) is 3.11. The Bertz CT molecular complexity index is 879. The predicted molar refractivity (Wildman–Crippen MR) is 88.6 cm³/mol. The number of aliphatic imine (C=N–C) groups is 1. The first kappa shape index (κ1) is 13.8. The number of rotatable bonds is 2. The molecule has 0 aliphatic carbocycles. The van der Waals surface area contributed by atoms with Gasteiger partial charge in [0.25, 0.3) is 0 Å². The Hall–Kier alpha value is -2.20. The van der Waals surface area contributed by atoms with Crippen molar-refractivity contribution in [3.63, 3.8) is 0 Å². The summed E-state index contributed by atoms with van der Waals surface area (Å²) in [5.41, 5.74) is 2.88. The van der Waals surface area contributed by atoms with Gasteiger partial charge in [0, 0.05) is 28.2 Å². The smallest absolute Gasteiger partial charge is 0.336 e. The fraction of sp³-hybridized carbons (Fsp3) is 0.0588. The summed E-state index contributed by atoms with van der Waals surface area (Å²) in [5.74, 6) is 0. The average Bonchev–Trinajstić information content (AvgIpc) is 2.46. The lowest BCUT2D eigenvalue weighted by Crippen LogP contribution is -1.97. The normalized spacial score (nSPS) is 11.3. The van der Waals surface area contributed by atoms with Crippen LogP contribution in [-0.4, -0.2) is 6.21 Å². The first-order valence-corrected chi connectivity index (χ1v) is 7.25. The van der Waals surface area contributed by atoms with E-state index in [2.05, 4.69) is 20.9 Å². The number of benzene rings is 2. The summed E-state index contributed by atoms with van der Waals surface area (Å²) in [6, 6.07) is 15.0. The molecule has 0 aliphatic heterocycles. The van der Waals surface area contributed by atoms with Crippen LogP contribution in [0.1, 0.15) is 11.1 Å². The van der Waals surface area contributed by atoms with Crippen LogP contribution in [0.4, 0.5) is 5.69 Å². The lowest BCUT2D eigenvalue weighted by atomic mass is 10.1. The van der Waals surface area contributed by atoms with Gasteiger partial charge in [-0.15, -0.1) is 0 Å². The second kappa shape index (κ2) is 5.66. The Kier molecular flexibility index (Phi) is 3.71. The SMILES string of the molecule is Cc1cc(=O)oc2cc(N=Cc3ccc(Br)cc3)ccc12. The fourth-order valence-corrected chi connectivity index (χ4v) is 2.36. The molecule has 1 heterocycles. The van der Waals surface area contributed by atoms with Gasteiger partial charge >= 0.3 is 5.63 Å². The molecule has 21 heavy (non-hydrogen) atoms. The summed E-state index contributed by atoms with van der Waals surface area (Å²) in [6.45, 7) is 1.89. The van der Waals surface area contributed by atoms with Gasteiger partial charge in [-0.1, -0.05) is 28.1 Å². The van der Waals surface area contributed by atoms with Crippen LogP contribution in [0.3, 0.4) is 0 Å². The van der Waals surface area contributed by atoms with Gasteiger partial charge in [0.2, 0.25) is 0 Å². The van der Waals surface area contributed by atoms with Crippen LogP contribution in [0.5, 0.6) is 0 Å². The van der Waals surface area contributed by atoms with Gasteiger partial charge in [-0.2, -0.15) is 0 Å². The van der Waals surface area contributed by atoms with E-state index in [0.29, 0.717) is 5.58 Å². The minimum Gasteiger partial charge on any atom is -0.423 e. The highest BCUT2D eigenvalue weighted by molar-refractivity contribution is 9.10. The minimum atomic E-state index is -0.339. The standard InChI is InChI=1S/C17H12BrNO2/c1-11-8-17(20)21-16-9-14(6-7-15(11)16)19-10-12-2-4-13(18)5-3-12/h2-10H,1H3. The molecule has 0 saturated heterocycles. The predicted octanol–water partition coefficient (Wildman–Crippen LogP) is 4.61. The van der Waals surface area contributed by atoms with Gasteiger partial charge in [0.1, 0.15) is 5.58 Å². The van der Waals surface area contributed by atoms with Crippen LogP contribution < -0.4 is 5.63 Å². The highest BCUT2D eigenvalue weighted by Gasteiger charge is 2.02. The van der Waals surface area contributed by atoms with Crippen molar-refractivity contribution in [1.82, 2.24) is 0 Å². The third-order valence-corrected chi connectivity index (χ3v) is 3.70. The summed E-state index contributed by atoms with van der Waals surface area (Å²) in [7, 11) is 0. The molecular weight excluding hydrogens is 330 g/mol. The summed E-state index contributed by atoms with van der Waals surface area (Å²) < 4.78 is 6.25. The molecule has 0 unspecified atom stereocenters. The van der Waals surface area contributed by atoms with Crippen LogP contribution in [-0.2, 0) is 0 Å². The van der Waals surface area contributed by atoms with E-state index < -0.39 is 0 Å². The monoisotopic (exact) mass is 341 g/mol. The molecule has 0 amide bonds. The first-order valence-electron chi connectivity index (χ1n) is 6.46. The second-order valence-electron chi connectivity index (χ2n) is 4.74. The Labute approximate surface area is 130 Å². The van der Waals surface area contributed by atoms with Crippen LogP contribution in [0.2, 0.25) is 0 Å². The van der Waals surface area contributed by atoms with Gasteiger partial charge in [-0.3, -0.25) is 4.99 Å². The Morgan fingerprint density at radius 1 is 1.10 bits per heavy atom. The zero-order valence-corrected chi connectivity index (χ0v) is 12.9. The van der Waals surface area contributed by atoms with Gasteiger partial charge in [-0.25, -0.2) is 4.79 Å². The zero-order valence-electron chi connectivity index (χ0n) is 11.3. The van der Waals surface area contributed by atoms with Crippen molar-refractivity contribution in [2.24, 2.45) is 4.99 Å². The molecule has 3 rings (SSSR count). The highest BCUT2D eigenvalue weighted by atomic mass is 79.9. The van der Waals surface area contributed by atoms with Gasteiger partial charge in [-0.05, 0) is 42.3 Å². The lowest BCUT2D eigenvalue weighted by Gasteiger charge is -2.01. The van der Waals surface area contributed by atoms with Crippen molar-refractivity contribution < 1.29 is 4.42 Å². The van der Waals surface area contributed by atoms with Crippen molar-refractivity contribution >= 4 is 38.8 Å². The fourth-order valence-electron chi connectivity index (χ4n) is 2.09. The molecule has 0 aliphatic rings. The zero-order chi connectivity index (χ0) is 14.8. The second-order valence-corrected chi connectivity index (χ2v) is 5.65. The average molecular weight is 342 g/mol. The Balaban J connectivity index is 1.97. The van der Waals surface area contributed by atoms with Crippen molar-refractivity contribution in [1.29, 1.82) is 0 Å². The number of halogens is 1. The molecule has 0 N–H and O–H groups in total. The minimum absolute atomic E-state index is 0.339. The topological polar surface area (TPSA) is 42.6 Å². The number of nitrogens with zero attached hydrogens (tertiary/aromatic N) is 1. The van der Waals surface area contributed by atoms with Crippen LogP contribution in [0, 0.1) is 6.92 Å². The van der Waals surface area contributed by atoms with Crippen LogP contribution in [0.25, 0.3) is 11.0 Å². The number of fused-ring (bicyclic) bond motifs is 1. The van der Waals surface area contributed by atoms with Gasteiger partial charge in [0.15, 0.2) is 0 Å². The Morgan fingerprint density at radius 3 is 2.62 bits per heavy atom. The van der Waals surface area contributed by atoms with E-state index >= 15 is 0 Å². The molecule has 0 fully saturated rings. The van der Waals surface area contributed by atoms with E-state index in [1.807, 2.05) is 43.3 Å². The van der Waals surface area contributed by atoms with E-state index in [4.69, 9.17) is 4.42 Å². The van der Waals surface area contributed by atoms with E-state index in [-0.39, 0.29) is 5.63 Å². The summed E-state index contributed by atoms with van der Waals surface area (Å²) in [6.07, 6.45) is 1.78. The van der Waals surface area contributed by atoms with Gasteiger partial charge < -0.3 is 4.42 Å². The summed E-state index contributed by atoms with van der Waals surface area (Å²) in [4.78, 5) is 15.8. The molecule has 104 valence electrons. The molecule has 0 atom stereocenters. The lowest BCUT2D eigenvalue weighted by molar-refractivity contribution is 0.560. The van der Waals surface area contributed by atoms with Crippen molar-refractivity contribution in [2.75, 3.05) is 0 Å². The van der Waals surface area contributed by atoms with Crippen molar-refractivity contribution in [2.45, 2.75) is 6.92 Å². The summed E-state index contributed by atoms with van der Waals surface area (Å²) in [5, 5.41) is 0.928. The third-order valence-electron chi connectivity index (χ3n) is 3.17. The number of hydrogen-bond acceptors (Lipinski definition) is 3. The van der Waals surface area contributed by atoms with Crippen LogP contribution in [0.15, 0.2) is 67.2 Å². The molecule has 0 saturated carbocycles. The number of aryl methyl sites for hydroxylation is 1. The van der Waals surface area contributed by atoms with Crippen molar-refractivity contribution in [3.8, 4) is 0 Å². The molecule has 0 bridgehead atoms. The molecule has 1 aromatic heterocycles. The highest BCUT2D eigenvalue weighted by Crippen LogP contribution is 2.22. The maximum absolute atomic E-state index is 11.4. The maximum atomic E-state index is 11.4. The van der Waals surface area contributed by atoms with E-state index in [1.54, 1.807) is 12.3 Å². The van der Waals surface area contributed by atoms with Crippen molar-refractivity contribution in [3.05, 3.63) is 74.6 Å². The number of hydrogen-bond donors (Lipinski definition) is 0.